The SMILES string of the molecule is O=C(O)C1(n2cc(CCCO)cn2)CCCc2ccc(Br)cc2C1. The smallest absolute Gasteiger partial charge is 0.331 e. The van der Waals surface area contributed by atoms with E-state index in [-0.39, 0.29) is 6.61 Å². The molecule has 24 heavy (non-hydrogen) atoms. The van der Waals surface area contributed by atoms with Gasteiger partial charge in [0.2, 0.25) is 0 Å². The highest BCUT2D eigenvalue weighted by atomic mass is 79.9. The average molecular weight is 393 g/mol. The number of carbonyl (C=O) groups is 1. The fourth-order valence-electron chi connectivity index (χ4n) is 3.46. The predicted molar refractivity (Wildman–Crippen MR) is 94.0 cm³/mol. The maximum absolute atomic E-state index is 12.2. The minimum Gasteiger partial charge on any atom is -0.479 e. The van der Waals surface area contributed by atoms with Gasteiger partial charge < -0.3 is 10.2 Å². The van der Waals surface area contributed by atoms with Crippen molar-refractivity contribution < 1.29 is 15.0 Å². The van der Waals surface area contributed by atoms with Crippen LogP contribution in [-0.4, -0.2) is 32.6 Å². The highest BCUT2D eigenvalue weighted by Gasteiger charge is 2.42. The van der Waals surface area contributed by atoms with Gasteiger partial charge in [0.1, 0.15) is 0 Å². The van der Waals surface area contributed by atoms with Gasteiger partial charge >= 0.3 is 5.97 Å². The molecule has 1 heterocycles. The van der Waals surface area contributed by atoms with E-state index < -0.39 is 11.5 Å². The number of halogens is 1. The summed E-state index contributed by atoms with van der Waals surface area (Å²) in [4.78, 5) is 12.2. The predicted octanol–water partition coefficient (Wildman–Crippen LogP) is 2.93. The van der Waals surface area contributed by atoms with Crippen LogP contribution in [0.25, 0.3) is 0 Å². The van der Waals surface area contributed by atoms with Crippen LogP contribution in [0.2, 0.25) is 0 Å². The molecule has 6 heteroatoms. The molecular formula is C18H21BrN2O3. The molecule has 0 aliphatic heterocycles. The Morgan fingerprint density at radius 3 is 2.96 bits per heavy atom. The fourth-order valence-corrected chi connectivity index (χ4v) is 3.87. The number of aliphatic carboxylic acids is 1. The van der Waals surface area contributed by atoms with Crippen molar-refractivity contribution in [2.75, 3.05) is 6.61 Å². The second kappa shape index (κ2) is 7.07. The molecule has 0 saturated carbocycles. The largest absolute Gasteiger partial charge is 0.479 e. The summed E-state index contributed by atoms with van der Waals surface area (Å²) in [5, 5.41) is 23.4. The Balaban J connectivity index is 1.99. The lowest BCUT2D eigenvalue weighted by Crippen LogP contribution is -2.44. The standard InChI is InChI=1S/C18H21BrN2O3/c19-16-6-5-14-4-1-7-18(17(23)24,10-15(14)9-16)21-12-13(11-20-21)3-2-8-22/h5-6,9,11-12,22H,1-4,7-8,10H2,(H,23,24). The molecule has 0 amide bonds. The molecule has 0 bridgehead atoms. The third-order valence-corrected chi connectivity index (χ3v) is 5.28. The molecule has 1 aromatic heterocycles. The zero-order valence-electron chi connectivity index (χ0n) is 13.4. The minimum atomic E-state index is -1.05. The number of aryl methyl sites for hydroxylation is 2. The summed E-state index contributed by atoms with van der Waals surface area (Å²) in [7, 11) is 0. The normalized spacial score (nSPS) is 20.4. The second-order valence-electron chi connectivity index (χ2n) is 6.40. The number of carboxylic acids is 1. The van der Waals surface area contributed by atoms with E-state index in [1.165, 1.54) is 5.56 Å². The molecular weight excluding hydrogens is 372 g/mol. The summed E-state index contributed by atoms with van der Waals surface area (Å²) in [5.74, 6) is -0.841. The highest BCUT2D eigenvalue weighted by molar-refractivity contribution is 9.10. The molecule has 1 aromatic carbocycles. The first-order valence-corrected chi connectivity index (χ1v) is 9.00. The fraction of sp³-hybridized carbons (Fsp3) is 0.444. The summed E-state index contributed by atoms with van der Waals surface area (Å²) in [6.07, 6.45) is 7.58. The molecule has 0 fully saturated rings. The van der Waals surface area contributed by atoms with Crippen LogP contribution in [0.5, 0.6) is 0 Å². The Kier molecular flexibility index (Phi) is 5.06. The maximum Gasteiger partial charge on any atom is 0.331 e. The summed E-state index contributed by atoms with van der Waals surface area (Å²) in [6.45, 7) is 0.122. The van der Waals surface area contributed by atoms with Gasteiger partial charge in [-0.3, -0.25) is 4.68 Å². The third kappa shape index (κ3) is 3.26. The summed E-state index contributed by atoms with van der Waals surface area (Å²) in [6, 6.07) is 6.11. The Hall–Kier alpha value is -1.66. The number of nitrogens with zero attached hydrogens (tertiary/aromatic N) is 2. The van der Waals surface area contributed by atoms with Gasteiger partial charge in [-0.15, -0.1) is 0 Å². The molecule has 5 nitrogen and oxygen atoms in total. The van der Waals surface area contributed by atoms with E-state index in [4.69, 9.17) is 5.11 Å². The molecule has 1 unspecified atom stereocenters. The van der Waals surface area contributed by atoms with E-state index >= 15 is 0 Å². The van der Waals surface area contributed by atoms with Gasteiger partial charge in [0.25, 0.3) is 0 Å². The van der Waals surface area contributed by atoms with Crippen LogP contribution >= 0.6 is 15.9 Å². The molecule has 1 aliphatic rings. The lowest BCUT2D eigenvalue weighted by Gasteiger charge is -2.29. The van der Waals surface area contributed by atoms with Crippen LogP contribution in [0.1, 0.15) is 36.0 Å². The number of fused-ring (bicyclic) bond motifs is 1. The van der Waals surface area contributed by atoms with Crippen LogP contribution in [0, 0.1) is 0 Å². The summed E-state index contributed by atoms with van der Waals surface area (Å²) >= 11 is 3.49. The molecule has 1 atom stereocenters. The molecule has 0 spiro atoms. The van der Waals surface area contributed by atoms with Gasteiger partial charge in [0.05, 0.1) is 6.20 Å². The van der Waals surface area contributed by atoms with Crippen molar-refractivity contribution in [1.29, 1.82) is 0 Å². The number of benzene rings is 1. The molecule has 0 radical (unpaired) electrons. The van der Waals surface area contributed by atoms with Crippen LogP contribution in [0.15, 0.2) is 35.1 Å². The molecule has 2 N–H and O–H groups in total. The van der Waals surface area contributed by atoms with E-state index in [1.807, 2.05) is 18.3 Å². The Bertz CT molecular complexity index is 744. The van der Waals surface area contributed by atoms with Gasteiger partial charge in [-0.05, 0) is 60.9 Å². The molecule has 3 rings (SSSR count). The molecule has 128 valence electrons. The Labute approximate surface area is 149 Å². The van der Waals surface area contributed by atoms with E-state index in [9.17, 15) is 9.90 Å². The maximum atomic E-state index is 12.2. The van der Waals surface area contributed by atoms with Gasteiger partial charge in [-0.2, -0.15) is 5.10 Å². The van der Waals surface area contributed by atoms with E-state index in [0.717, 1.165) is 28.4 Å². The number of hydrogen-bond donors (Lipinski definition) is 2. The quantitative estimate of drug-likeness (QED) is 0.766. The monoisotopic (exact) mass is 392 g/mol. The first kappa shape index (κ1) is 17.2. The van der Waals surface area contributed by atoms with E-state index in [2.05, 4.69) is 27.1 Å². The lowest BCUT2D eigenvalue weighted by molar-refractivity contribution is -0.148. The zero-order chi connectivity index (χ0) is 17.2. The van der Waals surface area contributed by atoms with Crippen molar-refractivity contribution in [3.8, 4) is 0 Å². The summed E-state index contributed by atoms with van der Waals surface area (Å²) < 4.78 is 2.59. The topological polar surface area (TPSA) is 75.3 Å². The summed E-state index contributed by atoms with van der Waals surface area (Å²) in [5.41, 5.74) is 2.19. The Morgan fingerprint density at radius 1 is 1.38 bits per heavy atom. The zero-order valence-corrected chi connectivity index (χ0v) is 15.0. The van der Waals surface area contributed by atoms with Crippen LogP contribution < -0.4 is 0 Å². The van der Waals surface area contributed by atoms with Crippen molar-refractivity contribution in [2.45, 2.75) is 44.1 Å². The van der Waals surface area contributed by atoms with Gasteiger partial charge in [0, 0.05) is 23.7 Å². The first-order valence-electron chi connectivity index (χ1n) is 8.21. The molecule has 0 saturated heterocycles. The van der Waals surface area contributed by atoms with Crippen LogP contribution in [0.4, 0.5) is 0 Å². The van der Waals surface area contributed by atoms with Crippen molar-refractivity contribution in [2.24, 2.45) is 0 Å². The molecule has 1 aliphatic carbocycles. The second-order valence-corrected chi connectivity index (χ2v) is 7.32. The van der Waals surface area contributed by atoms with E-state index in [0.29, 0.717) is 25.7 Å². The number of hydrogen-bond acceptors (Lipinski definition) is 3. The lowest BCUT2D eigenvalue weighted by atomic mass is 9.88. The van der Waals surface area contributed by atoms with Crippen molar-refractivity contribution in [3.05, 3.63) is 51.8 Å². The van der Waals surface area contributed by atoms with Crippen molar-refractivity contribution >= 4 is 21.9 Å². The third-order valence-electron chi connectivity index (χ3n) is 4.78. The number of carboxylic acid groups (broad SMARTS) is 1. The number of rotatable bonds is 5. The van der Waals surface area contributed by atoms with E-state index in [1.54, 1.807) is 10.9 Å². The number of aliphatic hydroxyl groups is 1. The number of aromatic nitrogens is 2. The minimum absolute atomic E-state index is 0.122. The van der Waals surface area contributed by atoms with Gasteiger partial charge in [-0.25, -0.2) is 4.79 Å². The molecule has 2 aromatic rings. The van der Waals surface area contributed by atoms with Crippen molar-refractivity contribution in [1.82, 2.24) is 9.78 Å². The van der Waals surface area contributed by atoms with Gasteiger partial charge in [-0.1, -0.05) is 22.0 Å². The highest BCUT2D eigenvalue weighted by Crippen LogP contribution is 2.35. The van der Waals surface area contributed by atoms with Crippen LogP contribution in [0.3, 0.4) is 0 Å². The van der Waals surface area contributed by atoms with Crippen LogP contribution in [-0.2, 0) is 29.6 Å². The van der Waals surface area contributed by atoms with Gasteiger partial charge in [0.15, 0.2) is 5.54 Å². The first-order chi connectivity index (χ1) is 11.5. The number of aliphatic hydroxyl groups excluding tert-OH is 1. The Morgan fingerprint density at radius 2 is 2.21 bits per heavy atom. The van der Waals surface area contributed by atoms with Crippen molar-refractivity contribution in [3.63, 3.8) is 0 Å². The average Bonchev–Trinajstić information content (AvgIpc) is 2.94.